The van der Waals surface area contributed by atoms with Crippen LogP contribution in [0.25, 0.3) is 77.3 Å². The van der Waals surface area contributed by atoms with Crippen LogP contribution in [0.5, 0.6) is 0 Å². The normalized spacial score (nSPS) is 13.1. The van der Waals surface area contributed by atoms with Crippen LogP contribution >= 0.6 is 15.9 Å². The van der Waals surface area contributed by atoms with Gasteiger partial charge in [-0.2, -0.15) is 0 Å². The van der Waals surface area contributed by atoms with E-state index >= 15 is 0 Å². The molecule has 78 heavy (non-hydrogen) atoms. The van der Waals surface area contributed by atoms with Crippen LogP contribution < -0.4 is 160 Å². The number of hydrogen-bond acceptors (Lipinski definition) is 13. The first-order chi connectivity index (χ1) is 35.9. The Balaban J connectivity index is 0.000000246. The Morgan fingerprint density at radius 1 is 0.679 bits per heavy atom. The average Bonchev–Trinajstić information content (AvgIpc) is 4.33. The van der Waals surface area contributed by atoms with Gasteiger partial charge in [-0.05, 0) is 161 Å². The Labute approximate surface area is 576 Å². The Kier molecular flexibility index (Phi) is 23.1. The number of nitrogens with zero attached hydrogens (tertiary/aromatic N) is 4. The first kappa shape index (κ1) is 65.3. The number of aromatic amines is 4. The summed E-state index contributed by atoms with van der Waals surface area (Å²) in [5, 5.41) is 18.0. The molecule has 23 heteroatoms. The van der Waals surface area contributed by atoms with Crippen molar-refractivity contribution in [1.29, 1.82) is 0 Å². The first-order valence-electron chi connectivity index (χ1n) is 24.1. The van der Waals surface area contributed by atoms with Crippen molar-refractivity contribution in [3.8, 4) is 33.4 Å². The van der Waals surface area contributed by atoms with Gasteiger partial charge in [-0.3, -0.25) is 14.8 Å². The molecule has 0 saturated carbocycles. The summed E-state index contributed by atoms with van der Waals surface area (Å²) in [6.45, 7) is 25.5. The van der Waals surface area contributed by atoms with Gasteiger partial charge in [0.2, 0.25) is 0 Å². The number of pyridine rings is 2. The van der Waals surface area contributed by atoms with Gasteiger partial charge in [-0.1, -0.05) is 49.3 Å². The van der Waals surface area contributed by atoms with Gasteiger partial charge in [0.05, 0.1) is 44.7 Å². The summed E-state index contributed by atoms with van der Waals surface area (Å²) in [5.74, 6) is 1.60. The molecule has 0 amide bonds. The minimum atomic E-state index is -0.589. The summed E-state index contributed by atoms with van der Waals surface area (Å²) in [5.41, 5.74) is 11.0. The van der Waals surface area contributed by atoms with Gasteiger partial charge in [-0.15, -0.1) is 0 Å². The number of benzene rings is 4. The topological polar surface area (TPSA) is 243 Å². The zero-order valence-electron chi connectivity index (χ0n) is 47.3. The van der Waals surface area contributed by atoms with E-state index in [-0.39, 0.29) is 169 Å². The minimum absolute atomic E-state index is 0. The molecule has 1 aliphatic heterocycles. The maximum Gasteiger partial charge on any atom is 1.00 e. The van der Waals surface area contributed by atoms with Crippen LogP contribution in [0, 0.1) is 59.1 Å². The Morgan fingerprint density at radius 2 is 1.12 bits per heavy atom. The van der Waals surface area contributed by atoms with E-state index < -0.39 is 18.3 Å². The quantitative estimate of drug-likeness (QED) is 0.0779. The Bertz CT molecular complexity index is 3840. The first-order valence-corrected chi connectivity index (χ1v) is 24.9. The van der Waals surface area contributed by atoms with Crippen LogP contribution in [0.3, 0.4) is 0 Å². The molecule has 0 atom stereocenters. The second kappa shape index (κ2) is 27.5. The molecule has 11 rings (SSSR count). The standard InChI is InChI=1S/C22H17FN4O2.C18H22BN3O4.C10H7BrFN.C4H10.CH2O3.2Cs.H/c1-10-7-16(23)20-14(5-4-6-24-20)18(10)15-8-13(19-11(2)27-29-12(19)3)9-17-21(15)26-22(28)25-17;1-9-14(10(2)24-22-9)11-7-12(15-13(8-11)20-16(23)21-15)19-25-17(3,4)18(5,6)26-19;1-6-5-8(12)10-7(9(6)11)3-2-4-13-10;1-4(2)3;2-1-4-3;;;/h4-9H,1-3H3,(H2,25,26,28);7-8H,1-6H3,(H2,20,21,23);2-5H,1H3;4H,1-3H3;1,3H;;;/q;;;;;2*+1;-1/p-1. The van der Waals surface area contributed by atoms with Crippen molar-refractivity contribution in [1.82, 2.24) is 40.2 Å². The number of carbonyl (C=O) groups excluding carboxylic acids is 1. The molecule has 398 valence electrons. The Hall–Kier alpha value is -3.48. The van der Waals surface area contributed by atoms with Crippen molar-refractivity contribution >= 4 is 78.9 Å². The fourth-order valence-electron chi connectivity index (χ4n) is 8.75. The number of rotatable bonds is 5. The molecule has 1 fully saturated rings. The van der Waals surface area contributed by atoms with Gasteiger partial charge in [0, 0.05) is 49.8 Å². The summed E-state index contributed by atoms with van der Waals surface area (Å²) in [6, 6.07) is 18.0. The van der Waals surface area contributed by atoms with Gasteiger partial charge in [-0.25, -0.2) is 18.4 Å². The zero-order chi connectivity index (χ0) is 55.6. The molecule has 0 spiro atoms. The second-order valence-corrected chi connectivity index (χ2v) is 20.6. The summed E-state index contributed by atoms with van der Waals surface area (Å²) in [7, 11) is -0.589. The molecule has 17 nitrogen and oxygen atoms in total. The number of fused-ring (bicyclic) bond motifs is 4. The SMILES string of the molecule is CC(C)C.Cc1cc(F)c2ncccc2c1-c1cc(-c2c(C)noc2C)cc2[nH]c(=O)[nH]c12.Cc1cc(F)c2ncccc2c1Br.Cc1noc(C)c1-c1cc(B2OC(C)(C)C(C)(C)O2)c2[nH]c(=O)[nH]c2c1.O=CO[O-].[Cs+].[Cs+].[H-]. The van der Waals surface area contributed by atoms with Crippen LogP contribution in [-0.4, -0.2) is 65.0 Å². The van der Waals surface area contributed by atoms with Crippen LogP contribution in [0.2, 0.25) is 0 Å². The molecule has 0 radical (unpaired) electrons. The van der Waals surface area contributed by atoms with Gasteiger partial charge in [0.1, 0.15) is 34.2 Å². The maximum atomic E-state index is 14.5. The molecule has 10 aromatic rings. The fourth-order valence-corrected chi connectivity index (χ4v) is 9.18. The third-order valence-corrected chi connectivity index (χ3v) is 13.8. The number of aromatic nitrogens is 8. The predicted molar refractivity (Wildman–Crippen MR) is 292 cm³/mol. The number of H-pyrrole nitrogens is 4. The van der Waals surface area contributed by atoms with Crippen molar-refractivity contribution in [2.45, 2.75) is 101 Å². The van der Waals surface area contributed by atoms with Crippen molar-refractivity contribution < 1.29 is 181 Å². The van der Waals surface area contributed by atoms with Gasteiger partial charge < -0.3 is 49.9 Å². The predicted octanol–water partition coefficient (Wildman–Crippen LogP) is 4.88. The minimum Gasteiger partial charge on any atom is -1.00 e. The number of aryl methyl sites for hydroxylation is 6. The van der Waals surface area contributed by atoms with Gasteiger partial charge in [0.25, 0.3) is 6.47 Å². The van der Waals surface area contributed by atoms with E-state index in [2.05, 4.69) is 81.8 Å². The molecule has 0 bridgehead atoms. The molecule has 7 heterocycles. The number of hydrogen-bond donors (Lipinski definition) is 4. The van der Waals surface area contributed by atoms with E-state index in [1.54, 1.807) is 24.5 Å². The van der Waals surface area contributed by atoms with E-state index in [1.807, 2.05) is 106 Å². The maximum absolute atomic E-state index is 14.5. The third kappa shape index (κ3) is 14.4. The monoisotopic (exact) mass is 1370 g/mol. The molecule has 0 unspecified atom stereocenters. The summed E-state index contributed by atoms with van der Waals surface area (Å²) < 4.78 is 51.8. The van der Waals surface area contributed by atoms with E-state index in [1.165, 1.54) is 12.1 Å². The number of imidazole rings is 2. The second-order valence-electron chi connectivity index (χ2n) is 19.8. The van der Waals surface area contributed by atoms with Crippen molar-refractivity contribution in [2.24, 2.45) is 5.92 Å². The molecule has 4 aromatic carbocycles. The van der Waals surface area contributed by atoms with E-state index in [0.29, 0.717) is 44.2 Å². The smallest absolute Gasteiger partial charge is 1.00 e. The van der Waals surface area contributed by atoms with E-state index in [4.69, 9.17) is 28.4 Å². The molecule has 6 aromatic heterocycles. The molecular weight excluding hydrogens is 1310 g/mol. The molecular formula is C55H58BBrCs2F2N8O9. The van der Waals surface area contributed by atoms with Gasteiger partial charge in [0.15, 0.2) is 0 Å². The Morgan fingerprint density at radius 3 is 1.59 bits per heavy atom. The molecule has 1 aliphatic rings. The third-order valence-electron chi connectivity index (χ3n) is 12.7. The van der Waals surface area contributed by atoms with Crippen LogP contribution in [0.15, 0.2) is 96.2 Å². The summed E-state index contributed by atoms with van der Waals surface area (Å²) in [6.07, 6.45) is 3.16. The molecule has 0 aliphatic carbocycles. The number of halogens is 3. The number of carbonyl (C=O) groups is 1. The van der Waals surface area contributed by atoms with E-state index in [9.17, 15) is 18.4 Å². The fraction of sp³-hybridized carbons (Fsp3) is 0.291. The zero-order valence-corrected chi connectivity index (χ0v) is 60.4. The summed E-state index contributed by atoms with van der Waals surface area (Å²) in [4.78, 5) is 54.8. The average molecular weight is 1370 g/mol. The number of nitrogens with one attached hydrogen (secondary N) is 4. The summed E-state index contributed by atoms with van der Waals surface area (Å²) >= 11 is 3.41. The van der Waals surface area contributed by atoms with Crippen molar-refractivity contribution in [3.05, 3.63) is 144 Å². The van der Waals surface area contributed by atoms with Crippen molar-refractivity contribution in [2.75, 3.05) is 0 Å². The van der Waals surface area contributed by atoms with Crippen LogP contribution in [0.4, 0.5) is 8.78 Å². The molecule has 1 saturated heterocycles. The van der Waals surface area contributed by atoms with Crippen LogP contribution in [0.1, 0.15) is 83.9 Å². The van der Waals surface area contributed by atoms with Crippen LogP contribution in [-0.2, 0) is 19.0 Å². The van der Waals surface area contributed by atoms with Crippen molar-refractivity contribution in [3.63, 3.8) is 0 Å². The van der Waals surface area contributed by atoms with Gasteiger partial charge >= 0.3 is 156 Å². The largest absolute Gasteiger partial charge is 1.00 e. The molecule has 4 N–H and O–H groups in total. The van der Waals surface area contributed by atoms with E-state index in [0.717, 1.165) is 82.9 Å².